The van der Waals surface area contributed by atoms with Crippen LogP contribution in [-0.4, -0.2) is 50.6 Å². The molecule has 1 aliphatic rings. The molecule has 3 N–H and O–H groups in total. The highest BCUT2D eigenvalue weighted by molar-refractivity contribution is 5.76. The monoisotopic (exact) mass is 566 g/mol. The lowest BCUT2D eigenvalue weighted by atomic mass is 10.1. The van der Waals surface area contributed by atoms with Gasteiger partial charge in [-0.25, -0.2) is 15.1 Å². The van der Waals surface area contributed by atoms with Gasteiger partial charge in [-0.15, -0.1) is 0 Å². The van der Waals surface area contributed by atoms with E-state index in [1.807, 2.05) is 10.00 Å². The van der Waals surface area contributed by atoms with Crippen LogP contribution in [0.15, 0.2) is 17.2 Å². The van der Waals surface area contributed by atoms with E-state index in [-0.39, 0.29) is 11.5 Å². The van der Waals surface area contributed by atoms with E-state index in [2.05, 4.69) is 28.9 Å². The SMILES string of the molecule is CCCCCN(CCC)C(=O)CCN.Cc1ncc(C(F)(F)F)cn1.O=c1[nH]nc2c(c1C(F)(F)F)CCC2. The van der Waals surface area contributed by atoms with Gasteiger partial charge in [0.1, 0.15) is 11.4 Å². The number of aryl methyl sites for hydroxylation is 2. The quantitative estimate of drug-likeness (QED) is 0.349. The Hall–Kier alpha value is -3.03. The first-order valence-electron chi connectivity index (χ1n) is 12.8. The lowest BCUT2D eigenvalue weighted by Crippen LogP contribution is -2.33. The Morgan fingerprint density at radius 2 is 1.64 bits per heavy atom. The third kappa shape index (κ3) is 11.7. The Balaban J connectivity index is 0.000000295. The number of nitrogens with two attached hydrogens (primary N) is 1. The number of aromatic nitrogens is 4. The second-order valence-electron chi connectivity index (χ2n) is 8.85. The van der Waals surface area contributed by atoms with Gasteiger partial charge in [-0.05, 0) is 44.6 Å². The Morgan fingerprint density at radius 1 is 1.00 bits per heavy atom. The van der Waals surface area contributed by atoms with Crippen LogP contribution in [-0.2, 0) is 30.0 Å². The average molecular weight is 567 g/mol. The zero-order valence-electron chi connectivity index (χ0n) is 22.4. The van der Waals surface area contributed by atoms with Gasteiger partial charge < -0.3 is 10.6 Å². The molecule has 0 saturated heterocycles. The molecule has 0 spiro atoms. The Kier molecular flexibility index (Phi) is 14.1. The Labute approximate surface area is 223 Å². The number of fused-ring (bicyclic) bond motifs is 1. The molecule has 3 rings (SSSR count). The fourth-order valence-corrected chi connectivity index (χ4v) is 3.74. The van der Waals surface area contributed by atoms with E-state index in [0.717, 1.165) is 38.3 Å². The predicted octanol–water partition coefficient (Wildman–Crippen LogP) is 4.85. The van der Waals surface area contributed by atoms with Crippen LogP contribution < -0.4 is 11.3 Å². The molecule has 2 aromatic heterocycles. The van der Waals surface area contributed by atoms with Crippen LogP contribution in [0.25, 0.3) is 0 Å². The minimum atomic E-state index is -4.58. The lowest BCUT2D eigenvalue weighted by Gasteiger charge is -2.21. The van der Waals surface area contributed by atoms with Crippen LogP contribution in [0.5, 0.6) is 0 Å². The fourth-order valence-electron chi connectivity index (χ4n) is 3.74. The molecule has 0 atom stereocenters. The molecule has 14 heteroatoms. The van der Waals surface area contributed by atoms with Gasteiger partial charge in [-0.3, -0.25) is 9.59 Å². The van der Waals surface area contributed by atoms with Crippen LogP contribution in [0.2, 0.25) is 0 Å². The third-order valence-corrected chi connectivity index (χ3v) is 5.64. The number of halogens is 6. The van der Waals surface area contributed by atoms with E-state index in [4.69, 9.17) is 5.73 Å². The van der Waals surface area contributed by atoms with E-state index in [9.17, 15) is 35.9 Å². The molecule has 0 bridgehead atoms. The lowest BCUT2D eigenvalue weighted by molar-refractivity contribution is -0.139. The topological polar surface area (TPSA) is 118 Å². The molecule has 0 aliphatic heterocycles. The molecule has 0 saturated carbocycles. The van der Waals surface area contributed by atoms with Gasteiger partial charge in [-0.1, -0.05) is 26.7 Å². The largest absolute Gasteiger partial charge is 0.422 e. The van der Waals surface area contributed by atoms with Crippen molar-refractivity contribution in [2.75, 3.05) is 19.6 Å². The summed E-state index contributed by atoms with van der Waals surface area (Å²) in [6.45, 7) is 8.05. The molecule has 1 amide bonds. The zero-order chi connectivity index (χ0) is 29.6. The van der Waals surface area contributed by atoms with Crippen molar-refractivity contribution in [3.05, 3.63) is 51.0 Å². The fraction of sp³-hybridized carbons (Fsp3) is 0.640. The van der Waals surface area contributed by atoms with E-state index >= 15 is 0 Å². The summed E-state index contributed by atoms with van der Waals surface area (Å²) in [7, 11) is 0. The molecule has 1 aliphatic carbocycles. The minimum Gasteiger partial charge on any atom is -0.343 e. The maximum Gasteiger partial charge on any atom is 0.422 e. The Morgan fingerprint density at radius 3 is 2.15 bits per heavy atom. The third-order valence-electron chi connectivity index (χ3n) is 5.64. The maximum atomic E-state index is 12.5. The number of rotatable bonds is 8. The van der Waals surface area contributed by atoms with Crippen molar-refractivity contribution in [1.29, 1.82) is 0 Å². The number of hydrogen-bond acceptors (Lipinski definition) is 6. The van der Waals surface area contributed by atoms with E-state index in [1.165, 1.54) is 19.8 Å². The molecule has 2 heterocycles. The van der Waals surface area contributed by atoms with Crippen molar-refractivity contribution < 1.29 is 31.1 Å². The number of nitrogens with one attached hydrogen (secondary N) is 1. The van der Waals surface area contributed by atoms with Gasteiger partial charge in [0, 0.05) is 38.4 Å². The van der Waals surface area contributed by atoms with Crippen LogP contribution in [0.4, 0.5) is 26.3 Å². The molecule has 8 nitrogen and oxygen atoms in total. The summed E-state index contributed by atoms with van der Waals surface area (Å²) in [5, 5.41) is 5.48. The standard InChI is InChI=1S/C11H24N2O.C8H7F3N2O.C6H5F3N2/c1-3-5-6-10-13(9-4-2)11(14)7-8-12;9-8(10,11)6-4-2-1-3-5(4)12-13-7(6)14;1-4-10-2-5(3-11-4)6(7,8)9/h3-10,12H2,1-2H3;1-3H2,(H,13,14);2-3H,1H3. The molecular weight excluding hydrogens is 530 g/mol. The van der Waals surface area contributed by atoms with E-state index in [1.54, 1.807) is 0 Å². The second-order valence-corrected chi connectivity index (χ2v) is 8.85. The summed E-state index contributed by atoms with van der Waals surface area (Å²) >= 11 is 0. The molecule has 0 fully saturated rings. The number of carbonyl (C=O) groups excluding carboxylic acids is 1. The molecule has 0 radical (unpaired) electrons. The number of carbonyl (C=O) groups is 1. The van der Waals surface area contributed by atoms with Crippen molar-refractivity contribution in [3.63, 3.8) is 0 Å². The smallest absolute Gasteiger partial charge is 0.343 e. The van der Waals surface area contributed by atoms with Crippen molar-refractivity contribution in [3.8, 4) is 0 Å². The summed E-state index contributed by atoms with van der Waals surface area (Å²) in [5.41, 5.74) is 2.79. The van der Waals surface area contributed by atoms with Crippen LogP contribution in [0.1, 0.15) is 80.6 Å². The van der Waals surface area contributed by atoms with Crippen molar-refractivity contribution >= 4 is 5.91 Å². The van der Waals surface area contributed by atoms with Crippen LogP contribution in [0, 0.1) is 6.92 Å². The highest BCUT2D eigenvalue weighted by atomic mass is 19.4. The minimum absolute atomic E-state index is 0.0706. The van der Waals surface area contributed by atoms with Crippen LogP contribution in [0.3, 0.4) is 0 Å². The van der Waals surface area contributed by atoms with Gasteiger partial charge in [0.2, 0.25) is 5.91 Å². The average Bonchev–Trinajstić information content (AvgIpc) is 3.32. The number of alkyl halides is 6. The summed E-state index contributed by atoms with van der Waals surface area (Å²) < 4.78 is 72.9. The van der Waals surface area contributed by atoms with Gasteiger partial charge in [0.05, 0.1) is 11.3 Å². The van der Waals surface area contributed by atoms with Crippen molar-refractivity contribution in [2.24, 2.45) is 5.73 Å². The highest BCUT2D eigenvalue weighted by Crippen LogP contribution is 2.33. The molecule has 220 valence electrons. The summed E-state index contributed by atoms with van der Waals surface area (Å²) in [6, 6.07) is 0. The van der Waals surface area contributed by atoms with Gasteiger partial charge in [0.15, 0.2) is 0 Å². The van der Waals surface area contributed by atoms with Gasteiger partial charge >= 0.3 is 12.4 Å². The molecule has 0 aromatic carbocycles. The van der Waals surface area contributed by atoms with Crippen LogP contribution >= 0.6 is 0 Å². The normalized spacial score (nSPS) is 12.6. The summed E-state index contributed by atoms with van der Waals surface area (Å²) in [5.74, 6) is 0.545. The van der Waals surface area contributed by atoms with Crippen molar-refractivity contribution in [2.45, 2.75) is 84.5 Å². The second kappa shape index (κ2) is 16.2. The molecule has 0 unspecified atom stereocenters. The number of amides is 1. The van der Waals surface area contributed by atoms with E-state index in [0.29, 0.717) is 43.7 Å². The first-order valence-corrected chi connectivity index (χ1v) is 12.8. The van der Waals surface area contributed by atoms with Gasteiger partial charge in [-0.2, -0.15) is 31.4 Å². The number of hydrogen-bond donors (Lipinski definition) is 2. The summed E-state index contributed by atoms with van der Waals surface area (Å²) in [6.07, 6.45) is -0.912. The number of H-pyrrole nitrogens is 1. The molecular formula is C25H36F6N6O2. The first-order chi connectivity index (χ1) is 18.3. The van der Waals surface area contributed by atoms with Gasteiger partial charge in [0.25, 0.3) is 5.56 Å². The highest BCUT2D eigenvalue weighted by Gasteiger charge is 2.39. The molecule has 39 heavy (non-hydrogen) atoms. The number of unbranched alkanes of at least 4 members (excludes halogenated alkanes) is 2. The predicted molar refractivity (Wildman–Crippen MR) is 134 cm³/mol. The first kappa shape index (κ1) is 34.0. The van der Waals surface area contributed by atoms with Crippen molar-refractivity contribution in [1.82, 2.24) is 25.1 Å². The van der Waals surface area contributed by atoms with E-state index < -0.39 is 29.0 Å². The Bertz CT molecular complexity index is 1070. The number of aromatic amines is 1. The zero-order valence-corrected chi connectivity index (χ0v) is 22.4. The maximum absolute atomic E-state index is 12.5. The number of nitrogens with zero attached hydrogens (tertiary/aromatic N) is 4. The summed E-state index contributed by atoms with van der Waals surface area (Å²) in [4.78, 5) is 31.3. The molecule has 2 aromatic rings.